The molecule has 0 bridgehead atoms. The van der Waals surface area contributed by atoms with Gasteiger partial charge in [-0.05, 0) is 122 Å². The molecule has 3 N–H and O–H groups in total. The Morgan fingerprint density at radius 2 is 1.75 bits per heavy atom. The number of sulfonamides is 1. The molecule has 0 unspecified atom stereocenters. The molecule has 5 fully saturated rings. The van der Waals surface area contributed by atoms with Gasteiger partial charge in [0.15, 0.2) is 0 Å². The Balaban J connectivity index is 0.842. The molecule has 2 aromatic carbocycles. The summed E-state index contributed by atoms with van der Waals surface area (Å²) in [5.74, 6) is 0.309. The summed E-state index contributed by atoms with van der Waals surface area (Å²) in [7, 11) is -4.61. The molecule has 5 aromatic rings. The number of carbonyl (C=O) groups is 1. The molecule has 354 valence electrons. The molecule has 5 heterocycles. The molecule has 3 aliphatic carbocycles. The summed E-state index contributed by atoms with van der Waals surface area (Å²) in [6.07, 6.45) is 15.1. The Kier molecular flexibility index (Phi) is 11.8. The average molecular weight is 931 g/mol. The van der Waals surface area contributed by atoms with Crippen molar-refractivity contribution < 1.29 is 27.6 Å². The van der Waals surface area contributed by atoms with E-state index in [1.165, 1.54) is 11.1 Å². The first-order chi connectivity index (χ1) is 32.1. The summed E-state index contributed by atoms with van der Waals surface area (Å²) >= 11 is 0. The lowest BCUT2D eigenvalue weighted by Crippen LogP contribution is -2.59. The van der Waals surface area contributed by atoms with Crippen molar-refractivity contribution in [3.8, 4) is 11.5 Å². The van der Waals surface area contributed by atoms with Gasteiger partial charge in [-0.2, -0.15) is 0 Å². The van der Waals surface area contributed by atoms with Gasteiger partial charge in [0.1, 0.15) is 22.0 Å². The topological polar surface area (TPSA) is 185 Å². The van der Waals surface area contributed by atoms with E-state index in [1.807, 2.05) is 12.1 Å². The van der Waals surface area contributed by atoms with E-state index in [4.69, 9.17) is 9.47 Å². The van der Waals surface area contributed by atoms with Crippen LogP contribution in [-0.4, -0.2) is 83.5 Å². The van der Waals surface area contributed by atoms with Crippen molar-refractivity contribution >= 4 is 44.2 Å². The van der Waals surface area contributed by atoms with Crippen molar-refractivity contribution in [3.63, 3.8) is 0 Å². The summed E-state index contributed by atoms with van der Waals surface area (Å²) < 4.78 is 42.6. The summed E-state index contributed by atoms with van der Waals surface area (Å²) in [4.78, 5) is 41.8. The zero-order valence-electron chi connectivity index (χ0n) is 38.9. The van der Waals surface area contributed by atoms with Crippen LogP contribution in [0.15, 0.2) is 84.1 Å². The van der Waals surface area contributed by atoms with Crippen LogP contribution in [0.25, 0.3) is 11.0 Å². The van der Waals surface area contributed by atoms with Crippen LogP contribution < -0.4 is 19.7 Å². The first-order valence-corrected chi connectivity index (χ1v) is 25.5. The van der Waals surface area contributed by atoms with Crippen molar-refractivity contribution in [1.29, 1.82) is 0 Å². The molecule has 15 nitrogen and oxygen atoms in total. The van der Waals surface area contributed by atoms with Crippen molar-refractivity contribution in [2.75, 3.05) is 43.0 Å². The third-order valence-corrected chi connectivity index (χ3v) is 16.9. The Bertz CT molecular complexity index is 2780. The summed E-state index contributed by atoms with van der Waals surface area (Å²) in [5, 5.41) is 16.1. The quantitative estimate of drug-likeness (QED) is 0.0751. The lowest BCUT2D eigenvalue weighted by molar-refractivity contribution is -0.384. The van der Waals surface area contributed by atoms with Crippen molar-refractivity contribution in [2.24, 2.45) is 16.7 Å². The molecule has 2 saturated heterocycles. The molecule has 3 saturated carbocycles. The van der Waals surface area contributed by atoms with Crippen molar-refractivity contribution in [2.45, 2.75) is 120 Å². The molecular weight excluding hydrogens is 869 g/mol. The van der Waals surface area contributed by atoms with Crippen LogP contribution in [0, 0.1) is 26.9 Å². The minimum Gasteiger partial charge on any atom is -0.455 e. The van der Waals surface area contributed by atoms with Gasteiger partial charge in [-0.25, -0.2) is 23.1 Å². The van der Waals surface area contributed by atoms with E-state index < -0.39 is 31.4 Å². The Hall–Kier alpha value is -5.58. The van der Waals surface area contributed by atoms with Gasteiger partial charge >= 0.3 is 5.69 Å². The maximum atomic E-state index is 14.0. The third-order valence-electron chi connectivity index (χ3n) is 15.6. The molecule has 67 heavy (non-hydrogen) atoms. The van der Waals surface area contributed by atoms with E-state index in [2.05, 4.69) is 86.8 Å². The molecule has 0 radical (unpaired) electrons. The molecular formula is C51H62N8O7S. The number of carbonyl (C=O) groups excluding carboxylic acids is 1. The zero-order chi connectivity index (χ0) is 46.7. The summed E-state index contributed by atoms with van der Waals surface area (Å²) in [6.45, 7) is 12.9. The summed E-state index contributed by atoms with van der Waals surface area (Å²) in [6, 6.07) is 19.4. The van der Waals surface area contributed by atoms with E-state index in [9.17, 15) is 23.3 Å². The highest BCUT2D eigenvalue weighted by Gasteiger charge is 2.56. The van der Waals surface area contributed by atoms with Gasteiger partial charge in [-0.3, -0.25) is 19.8 Å². The highest BCUT2D eigenvalue weighted by Crippen LogP contribution is 2.56. The number of hydrogen-bond acceptors (Lipinski definition) is 12. The predicted octanol–water partition coefficient (Wildman–Crippen LogP) is 9.88. The van der Waals surface area contributed by atoms with Gasteiger partial charge in [-0.15, -0.1) is 0 Å². The Labute approximate surface area is 392 Å². The number of aromatic nitrogens is 3. The number of benzene rings is 2. The number of hydrogen-bond donors (Lipinski definition) is 3. The number of amides is 1. The molecule has 2 aliphatic heterocycles. The first kappa shape index (κ1) is 45.2. The number of pyridine rings is 2. The van der Waals surface area contributed by atoms with E-state index in [1.54, 1.807) is 30.6 Å². The largest absolute Gasteiger partial charge is 0.455 e. The van der Waals surface area contributed by atoms with E-state index in [0.717, 1.165) is 114 Å². The first-order valence-electron chi connectivity index (χ1n) is 24.0. The maximum absolute atomic E-state index is 14.0. The lowest BCUT2D eigenvalue weighted by Gasteiger charge is -2.58. The number of rotatable bonds is 13. The number of H-pyrrole nitrogens is 1. The Morgan fingerprint density at radius 1 is 0.985 bits per heavy atom. The standard InChI is InChI=1S/C51H62N8O7S/c1-33(2)40-7-5-6-8-41(40)44-31-65-51(16-17-51)32-58(44)37-26-50(27-37)18-21-57(22-19-50)36-9-10-42(45(24-36)66-38-23-35-13-20-52-46(35)54-29-38)48(60)56-67(63,64)39-25-43(59(61)62)47(55-30-39)53-28-34-11-14-49(3,4)15-12-34/h5-10,13,20,23-25,29-30,33-34,37,44H,11-12,14-19,21-22,26-28,31-32H2,1-4H3,(H,52,54)(H,53,55)(H,56,60)/t44-/m0/s1. The lowest BCUT2D eigenvalue weighted by atomic mass is 9.59. The monoisotopic (exact) mass is 930 g/mol. The van der Waals surface area contributed by atoms with Crippen LogP contribution in [0.3, 0.4) is 0 Å². The molecule has 16 heteroatoms. The predicted molar refractivity (Wildman–Crippen MR) is 257 cm³/mol. The zero-order valence-corrected chi connectivity index (χ0v) is 39.7. The molecule has 1 atom stereocenters. The van der Waals surface area contributed by atoms with E-state index in [0.29, 0.717) is 35.8 Å². The summed E-state index contributed by atoms with van der Waals surface area (Å²) in [5.41, 5.74) is 4.37. The van der Waals surface area contributed by atoms with Crippen LogP contribution in [0.4, 0.5) is 17.2 Å². The van der Waals surface area contributed by atoms with Crippen LogP contribution >= 0.6 is 0 Å². The maximum Gasteiger partial charge on any atom is 0.312 e. The van der Waals surface area contributed by atoms with Crippen molar-refractivity contribution in [1.82, 2.24) is 24.6 Å². The molecule has 1 amide bonds. The van der Waals surface area contributed by atoms with Gasteiger partial charge in [0, 0.05) is 61.6 Å². The second-order valence-corrected chi connectivity index (χ2v) is 22.8. The van der Waals surface area contributed by atoms with Crippen LogP contribution in [0.2, 0.25) is 0 Å². The minimum absolute atomic E-state index is 0.0133. The number of piperidine rings is 1. The minimum atomic E-state index is -4.61. The van der Waals surface area contributed by atoms with Crippen LogP contribution in [0.5, 0.6) is 11.5 Å². The number of nitro groups is 1. The van der Waals surface area contributed by atoms with Gasteiger partial charge in [-0.1, -0.05) is 52.0 Å². The average Bonchev–Trinajstić information content (AvgIpc) is 3.88. The number of nitrogens with zero attached hydrogens (tertiary/aromatic N) is 5. The van der Waals surface area contributed by atoms with Gasteiger partial charge in [0.25, 0.3) is 15.9 Å². The number of ether oxygens (including phenoxy) is 2. The molecule has 3 aromatic heterocycles. The number of morpholine rings is 1. The van der Waals surface area contributed by atoms with Crippen LogP contribution in [0.1, 0.15) is 125 Å². The molecule has 2 spiro atoms. The van der Waals surface area contributed by atoms with E-state index >= 15 is 0 Å². The number of nitrogens with one attached hydrogen (secondary N) is 3. The smallest absolute Gasteiger partial charge is 0.312 e. The third kappa shape index (κ3) is 9.36. The van der Waals surface area contributed by atoms with Crippen molar-refractivity contribution in [3.05, 3.63) is 106 Å². The van der Waals surface area contributed by atoms with Gasteiger partial charge < -0.3 is 24.7 Å². The van der Waals surface area contributed by atoms with E-state index in [-0.39, 0.29) is 39.6 Å². The highest BCUT2D eigenvalue weighted by atomic mass is 32.2. The SMILES string of the molecule is CC(C)c1ccccc1[C@@H]1COC2(CC2)CN1C1CC2(CCN(c3ccc(C(=O)NS(=O)(=O)c4cnc(NCC5CCC(C)(C)CC5)c([N+](=O)[O-])c4)c(Oc4cnc5[nH]ccc5c4)c3)CC2)C1. The molecule has 10 rings (SSSR count). The van der Waals surface area contributed by atoms with Crippen LogP contribution in [-0.2, 0) is 14.8 Å². The second-order valence-electron chi connectivity index (χ2n) is 21.1. The fourth-order valence-electron chi connectivity index (χ4n) is 11.2. The van der Waals surface area contributed by atoms with Gasteiger partial charge in [0.2, 0.25) is 5.82 Å². The van der Waals surface area contributed by atoms with Gasteiger partial charge in [0.05, 0.1) is 41.1 Å². The number of anilines is 2. The fourth-order valence-corrected chi connectivity index (χ4v) is 12.1. The molecule has 5 aliphatic rings. The second kappa shape index (κ2) is 17.5. The highest BCUT2D eigenvalue weighted by molar-refractivity contribution is 7.90. The number of aromatic amines is 1. The number of fused-ring (bicyclic) bond motifs is 1. The Morgan fingerprint density at radius 3 is 2.48 bits per heavy atom. The normalized spacial score (nSPS) is 21.6. The fraction of sp³-hybridized carbons (Fsp3) is 0.510.